The number of halogens is 1. The molecule has 5 nitrogen and oxygen atoms in total. The van der Waals surface area contributed by atoms with Crippen molar-refractivity contribution in [2.75, 3.05) is 0 Å². The number of hydrogen-bond donors (Lipinski definition) is 1. The number of Topliss-reactive ketones (excluding diaryl/α,β-unsaturated/α-hetero) is 1. The van der Waals surface area contributed by atoms with Crippen molar-refractivity contribution in [3.05, 3.63) is 76.6 Å². The molecule has 3 rings (SSSR count). The molecule has 0 unspecified atom stereocenters. The lowest BCUT2D eigenvalue weighted by Gasteiger charge is -2.11. The quantitative estimate of drug-likeness (QED) is 0.646. The summed E-state index contributed by atoms with van der Waals surface area (Å²) in [6, 6.07) is 11.6. The summed E-state index contributed by atoms with van der Waals surface area (Å²) < 4.78 is 0. The molecule has 22 heavy (non-hydrogen) atoms. The van der Waals surface area contributed by atoms with Gasteiger partial charge in [-0.2, -0.15) is 0 Å². The van der Waals surface area contributed by atoms with Crippen molar-refractivity contribution in [2.24, 2.45) is 0 Å². The normalized spacial score (nSPS) is 12.7. The molecule has 0 saturated carbocycles. The summed E-state index contributed by atoms with van der Waals surface area (Å²) in [5.41, 5.74) is -0.0615. The van der Waals surface area contributed by atoms with E-state index < -0.39 is 23.1 Å². The molecule has 1 aliphatic carbocycles. The van der Waals surface area contributed by atoms with Crippen LogP contribution in [0.15, 0.2) is 60.3 Å². The molecule has 0 fully saturated rings. The fraction of sp³-hybridized carbons (Fsp3) is 0. The fourth-order valence-corrected chi connectivity index (χ4v) is 1.95. The molecule has 0 bridgehead atoms. The lowest BCUT2D eigenvalue weighted by Crippen LogP contribution is -2.21. The Morgan fingerprint density at radius 3 is 2.14 bits per heavy atom. The van der Waals surface area contributed by atoms with Gasteiger partial charge >= 0.3 is 5.97 Å². The molecule has 1 aliphatic rings. The van der Waals surface area contributed by atoms with Gasteiger partial charge < -0.3 is 5.11 Å². The van der Waals surface area contributed by atoms with E-state index in [1.54, 1.807) is 24.4 Å². The highest BCUT2D eigenvalue weighted by molar-refractivity contribution is 6.33. The van der Waals surface area contributed by atoms with Gasteiger partial charge in [0.25, 0.3) is 0 Å². The van der Waals surface area contributed by atoms with Gasteiger partial charge in [-0.3, -0.25) is 9.59 Å². The standard InChI is InChI=1S/C11H6O4.C5H4ClN/c12-9-5-8(11(14)15)10(13)7-4-2-1-3-6(7)9;6-5-3-1-2-4-7-5/h1-5H,(H,14,15);1-4H. The summed E-state index contributed by atoms with van der Waals surface area (Å²) in [4.78, 5) is 37.5. The average Bonchev–Trinajstić information content (AvgIpc) is 2.52. The van der Waals surface area contributed by atoms with Crippen molar-refractivity contribution in [1.29, 1.82) is 0 Å². The predicted octanol–water partition coefficient (Wildman–Crippen LogP) is 2.81. The molecule has 6 heteroatoms. The van der Waals surface area contributed by atoms with Crippen LogP contribution in [0, 0.1) is 0 Å². The minimum absolute atomic E-state index is 0.155. The molecule has 0 atom stereocenters. The van der Waals surface area contributed by atoms with Crippen molar-refractivity contribution in [1.82, 2.24) is 4.98 Å². The highest BCUT2D eigenvalue weighted by Crippen LogP contribution is 2.20. The summed E-state index contributed by atoms with van der Waals surface area (Å²) in [7, 11) is 0. The van der Waals surface area contributed by atoms with E-state index in [0.29, 0.717) is 5.15 Å². The Bertz CT molecular complexity index is 769. The fourth-order valence-electron chi connectivity index (χ4n) is 1.82. The van der Waals surface area contributed by atoms with Crippen LogP contribution in [0.1, 0.15) is 20.7 Å². The smallest absolute Gasteiger partial charge is 0.339 e. The first-order valence-corrected chi connectivity index (χ1v) is 6.58. The van der Waals surface area contributed by atoms with Gasteiger partial charge in [0.2, 0.25) is 5.78 Å². The first-order valence-electron chi connectivity index (χ1n) is 6.20. The number of aliphatic carboxylic acids is 1. The molecule has 0 aliphatic heterocycles. The van der Waals surface area contributed by atoms with Crippen molar-refractivity contribution < 1.29 is 19.5 Å². The van der Waals surface area contributed by atoms with Crippen LogP contribution in [0.5, 0.6) is 0 Å². The zero-order chi connectivity index (χ0) is 16.1. The van der Waals surface area contributed by atoms with Crippen molar-refractivity contribution in [3.63, 3.8) is 0 Å². The van der Waals surface area contributed by atoms with Crippen LogP contribution >= 0.6 is 11.6 Å². The van der Waals surface area contributed by atoms with Gasteiger partial charge in [-0.1, -0.05) is 41.9 Å². The van der Waals surface area contributed by atoms with Crippen LogP contribution in [0.4, 0.5) is 0 Å². The first-order chi connectivity index (χ1) is 10.5. The Morgan fingerprint density at radius 2 is 1.64 bits per heavy atom. The Hall–Kier alpha value is -2.79. The molecule has 0 radical (unpaired) electrons. The zero-order valence-corrected chi connectivity index (χ0v) is 11.9. The number of rotatable bonds is 1. The van der Waals surface area contributed by atoms with E-state index in [0.717, 1.165) is 6.08 Å². The van der Waals surface area contributed by atoms with Crippen molar-refractivity contribution >= 4 is 29.1 Å². The molecule has 110 valence electrons. The van der Waals surface area contributed by atoms with Gasteiger partial charge in [-0.05, 0) is 12.1 Å². The Kier molecular flexibility index (Phi) is 4.80. The van der Waals surface area contributed by atoms with Gasteiger partial charge in [0.1, 0.15) is 10.7 Å². The van der Waals surface area contributed by atoms with Gasteiger partial charge in [-0.25, -0.2) is 9.78 Å². The van der Waals surface area contributed by atoms with E-state index in [-0.39, 0.29) is 11.1 Å². The number of carboxylic acid groups (broad SMARTS) is 1. The number of carbonyl (C=O) groups excluding carboxylic acids is 2. The van der Waals surface area contributed by atoms with Gasteiger partial charge in [-0.15, -0.1) is 0 Å². The number of hydrogen-bond acceptors (Lipinski definition) is 4. The summed E-state index contributed by atoms with van der Waals surface area (Å²) in [5, 5.41) is 9.25. The third kappa shape index (κ3) is 3.45. The number of fused-ring (bicyclic) bond motifs is 1. The molecule has 1 aromatic carbocycles. The highest BCUT2D eigenvalue weighted by Gasteiger charge is 2.28. The number of aromatic nitrogens is 1. The van der Waals surface area contributed by atoms with Crippen molar-refractivity contribution in [3.8, 4) is 0 Å². The number of carboxylic acids is 1. The third-order valence-corrected chi connectivity index (χ3v) is 3.04. The first kappa shape index (κ1) is 15.6. The Labute approximate surface area is 130 Å². The molecule has 0 spiro atoms. The van der Waals surface area contributed by atoms with Gasteiger partial charge in [0.15, 0.2) is 5.78 Å². The number of pyridine rings is 1. The predicted molar refractivity (Wildman–Crippen MR) is 80.1 cm³/mol. The maximum absolute atomic E-state index is 11.6. The summed E-state index contributed by atoms with van der Waals surface area (Å²) >= 11 is 5.43. The van der Waals surface area contributed by atoms with E-state index in [4.69, 9.17) is 16.7 Å². The van der Waals surface area contributed by atoms with E-state index in [2.05, 4.69) is 4.98 Å². The molecule has 0 amide bonds. The summed E-state index contributed by atoms with van der Waals surface area (Å²) in [5.74, 6) is -2.43. The SMILES string of the molecule is Clc1ccccn1.O=C(O)C1=CC(=O)c2ccccc2C1=O. The van der Waals surface area contributed by atoms with Crippen molar-refractivity contribution in [2.45, 2.75) is 0 Å². The molecule has 1 heterocycles. The molecular weight excluding hydrogens is 306 g/mol. The van der Waals surface area contributed by atoms with E-state index >= 15 is 0 Å². The van der Waals surface area contributed by atoms with Crippen LogP contribution in [0.2, 0.25) is 5.15 Å². The minimum atomic E-state index is -1.37. The highest BCUT2D eigenvalue weighted by atomic mass is 35.5. The second-order valence-electron chi connectivity index (χ2n) is 4.25. The van der Waals surface area contributed by atoms with Crippen LogP contribution in [0.3, 0.4) is 0 Å². The van der Waals surface area contributed by atoms with Gasteiger partial charge in [0, 0.05) is 23.4 Å². The molecule has 1 aromatic heterocycles. The number of carbonyl (C=O) groups is 3. The summed E-state index contributed by atoms with van der Waals surface area (Å²) in [6.45, 7) is 0. The zero-order valence-electron chi connectivity index (χ0n) is 11.2. The van der Waals surface area contributed by atoms with Crippen LogP contribution in [0.25, 0.3) is 0 Å². The van der Waals surface area contributed by atoms with Crippen LogP contribution in [-0.2, 0) is 4.79 Å². The van der Waals surface area contributed by atoms with Crippen LogP contribution in [-0.4, -0.2) is 27.6 Å². The Balaban J connectivity index is 0.000000211. The molecule has 2 aromatic rings. The van der Waals surface area contributed by atoms with E-state index in [1.807, 2.05) is 12.1 Å². The second kappa shape index (κ2) is 6.78. The molecule has 1 N–H and O–H groups in total. The largest absolute Gasteiger partial charge is 0.478 e. The number of nitrogens with zero attached hydrogens (tertiary/aromatic N) is 1. The number of benzene rings is 1. The summed E-state index contributed by atoms with van der Waals surface area (Å²) in [6.07, 6.45) is 2.52. The van der Waals surface area contributed by atoms with E-state index in [9.17, 15) is 14.4 Å². The van der Waals surface area contributed by atoms with Gasteiger partial charge in [0.05, 0.1) is 0 Å². The minimum Gasteiger partial charge on any atom is -0.478 e. The topological polar surface area (TPSA) is 84.3 Å². The number of allylic oxidation sites excluding steroid dienone is 1. The monoisotopic (exact) mass is 315 g/mol. The Morgan fingerprint density at radius 1 is 1.00 bits per heavy atom. The van der Waals surface area contributed by atoms with E-state index in [1.165, 1.54) is 12.1 Å². The van der Waals surface area contributed by atoms with Crippen LogP contribution < -0.4 is 0 Å². The third-order valence-electron chi connectivity index (χ3n) is 2.82. The average molecular weight is 316 g/mol. The molecule has 0 saturated heterocycles. The maximum atomic E-state index is 11.6. The number of ketones is 2. The molecular formula is C16H10ClNO4. The lowest BCUT2D eigenvalue weighted by molar-refractivity contribution is -0.132. The second-order valence-corrected chi connectivity index (χ2v) is 4.64. The maximum Gasteiger partial charge on any atom is 0.339 e. The lowest BCUT2D eigenvalue weighted by atomic mass is 9.90.